The van der Waals surface area contributed by atoms with Crippen molar-refractivity contribution in [2.45, 2.75) is 0 Å². The van der Waals surface area contributed by atoms with Gasteiger partial charge in [-0.3, -0.25) is 9.35 Å². The van der Waals surface area contributed by atoms with E-state index in [4.69, 9.17) is 16.2 Å². The molecule has 0 saturated heterocycles. The summed E-state index contributed by atoms with van der Waals surface area (Å²) < 4.78 is 29.2. The molecule has 0 saturated carbocycles. The minimum atomic E-state index is -4.28. The standard InChI is InChI=1S/C8H7ClO4S/c9-7-3-1-2-6(4-7)8(10)5-14(11,12)13/h1-4H,5H2,(H,11,12,13). The van der Waals surface area contributed by atoms with Gasteiger partial charge >= 0.3 is 0 Å². The average molecular weight is 235 g/mol. The highest BCUT2D eigenvalue weighted by Gasteiger charge is 2.14. The number of carbonyl (C=O) groups is 1. The van der Waals surface area contributed by atoms with Crippen LogP contribution >= 0.6 is 11.6 Å². The zero-order valence-electron chi connectivity index (χ0n) is 6.97. The molecule has 1 aromatic carbocycles. The van der Waals surface area contributed by atoms with Gasteiger partial charge < -0.3 is 0 Å². The van der Waals surface area contributed by atoms with Gasteiger partial charge in [-0.1, -0.05) is 23.7 Å². The second-order valence-corrected chi connectivity index (χ2v) is 4.55. The van der Waals surface area contributed by atoms with E-state index in [-0.39, 0.29) is 5.56 Å². The van der Waals surface area contributed by atoms with Crippen LogP contribution < -0.4 is 0 Å². The smallest absolute Gasteiger partial charge is 0.272 e. The summed E-state index contributed by atoms with van der Waals surface area (Å²) in [7, 11) is -4.28. The van der Waals surface area contributed by atoms with Gasteiger partial charge in [0.05, 0.1) is 0 Å². The third-order valence-electron chi connectivity index (χ3n) is 1.46. The molecule has 14 heavy (non-hydrogen) atoms. The molecule has 6 heteroatoms. The molecule has 4 nitrogen and oxygen atoms in total. The molecule has 0 bridgehead atoms. The Morgan fingerprint density at radius 2 is 2.07 bits per heavy atom. The number of rotatable bonds is 3. The van der Waals surface area contributed by atoms with Gasteiger partial charge in [-0.15, -0.1) is 0 Å². The summed E-state index contributed by atoms with van der Waals surface area (Å²) in [6.07, 6.45) is 0. The van der Waals surface area contributed by atoms with Crippen molar-refractivity contribution in [1.82, 2.24) is 0 Å². The van der Waals surface area contributed by atoms with Gasteiger partial charge in [0, 0.05) is 10.6 Å². The van der Waals surface area contributed by atoms with E-state index in [0.29, 0.717) is 5.02 Å². The third kappa shape index (κ3) is 3.45. The van der Waals surface area contributed by atoms with Crippen LogP contribution in [-0.4, -0.2) is 24.5 Å². The van der Waals surface area contributed by atoms with Crippen LogP contribution in [0.15, 0.2) is 24.3 Å². The largest absolute Gasteiger partial charge is 0.293 e. The number of carbonyl (C=O) groups excluding carboxylic acids is 1. The molecule has 0 atom stereocenters. The number of halogens is 1. The lowest BCUT2D eigenvalue weighted by atomic mass is 10.1. The van der Waals surface area contributed by atoms with Crippen LogP contribution in [0, 0.1) is 0 Å². The highest BCUT2D eigenvalue weighted by Crippen LogP contribution is 2.11. The van der Waals surface area contributed by atoms with Gasteiger partial charge in [0.25, 0.3) is 10.1 Å². The molecular formula is C8H7ClO4S. The average Bonchev–Trinajstić information content (AvgIpc) is 2.01. The zero-order chi connectivity index (χ0) is 10.8. The summed E-state index contributed by atoms with van der Waals surface area (Å²) in [6.45, 7) is 0. The molecule has 0 heterocycles. The van der Waals surface area contributed by atoms with Crippen molar-refractivity contribution < 1.29 is 17.8 Å². The highest BCUT2D eigenvalue weighted by molar-refractivity contribution is 7.86. The fourth-order valence-corrected chi connectivity index (χ4v) is 1.60. The SMILES string of the molecule is O=C(CS(=O)(=O)O)c1cccc(Cl)c1. The minimum Gasteiger partial charge on any atom is -0.293 e. The lowest BCUT2D eigenvalue weighted by Crippen LogP contribution is -2.14. The quantitative estimate of drug-likeness (QED) is 0.634. The molecule has 0 radical (unpaired) electrons. The molecule has 0 unspecified atom stereocenters. The Kier molecular flexibility index (Phi) is 3.25. The predicted molar refractivity (Wildman–Crippen MR) is 52.2 cm³/mol. The van der Waals surface area contributed by atoms with E-state index in [9.17, 15) is 13.2 Å². The van der Waals surface area contributed by atoms with E-state index in [2.05, 4.69) is 0 Å². The number of ketones is 1. The molecule has 76 valence electrons. The van der Waals surface area contributed by atoms with Gasteiger partial charge in [0.2, 0.25) is 0 Å². The van der Waals surface area contributed by atoms with Gasteiger partial charge in [-0.05, 0) is 12.1 Å². The van der Waals surface area contributed by atoms with Crippen molar-refractivity contribution in [2.75, 3.05) is 5.75 Å². The molecule has 1 rings (SSSR count). The van der Waals surface area contributed by atoms with Crippen LogP contribution in [0.5, 0.6) is 0 Å². The lowest BCUT2D eigenvalue weighted by molar-refractivity contribution is 0.101. The Hall–Kier alpha value is -0.910. The normalized spacial score (nSPS) is 11.3. The highest BCUT2D eigenvalue weighted by atomic mass is 35.5. The van der Waals surface area contributed by atoms with Crippen molar-refractivity contribution in [3.63, 3.8) is 0 Å². The molecule has 1 N–H and O–H groups in total. The van der Waals surface area contributed by atoms with Crippen molar-refractivity contribution >= 4 is 27.5 Å². The van der Waals surface area contributed by atoms with Crippen molar-refractivity contribution in [1.29, 1.82) is 0 Å². The molecular weight excluding hydrogens is 228 g/mol. The van der Waals surface area contributed by atoms with Gasteiger partial charge in [0.1, 0.15) is 5.75 Å². The Balaban J connectivity index is 2.91. The topological polar surface area (TPSA) is 71.4 Å². The van der Waals surface area contributed by atoms with Crippen LogP contribution in [0.3, 0.4) is 0 Å². The molecule has 0 aromatic heterocycles. The first-order valence-corrected chi connectivity index (χ1v) is 5.61. The second-order valence-electron chi connectivity index (χ2n) is 2.66. The van der Waals surface area contributed by atoms with Gasteiger partial charge in [-0.25, -0.2) is 0 Å². The molecule has 0 aliphatic carbocycles. The van der Waals surface area contributed by atoms with Crippen LogP contribution in [-0.2, 0) is 10.1 Å². The van der Waals surface area contributed by atoms with Gasteiger partial charge in [0.15, 0.2) is 5.78 Å². The van der Waals surface area contributed by atoms with Crippen LogP contribution in [0.2, 0.25) is 5.02 Å². The first-order chi connectivity index (χ1) is 6.38. The van der Waals surface area contributed by atoms with E-state index in [1.807, 2.05) is 0 Å². The summed E-state index contributed by atoms with van der Waals surface area (Å²) in [5.41, 5.74) is 0.162. The Morgan fingerprint density at radius 1 is 1.43 bits per heavy atom. The van der Waals surface area contributed by atoms with E-state index in [1.54, 1.807) is 6.07 Å². The second kappa shape index (κ2) is 4.08. The van der Waals surface area contributed by atoms with Crippen LogP contribution in [0.25, 0.3) is 0 Å². The van der Waals surface area contributed by atoms with Crippen molar-refractivity contribution in [3.8, 4) is 0 Å². The number of benzene rings is 1. The monoisotopic (exact) mass is 234 g/mol. The molecule has 0 spiro atoms. The summed E-state index contributed by atoms with van der Waals surface area (Å²) in [5.74, 6) is -1.61. The first-order valence-electron chi connectivity index (χ1n) is 3.62. The van der Waals surface area contributed by atoms with Gasteiger partial charge in [-0.2, -0.15) is 8.42 Å². The molecule has 0 fully saturated rings. The number of hydrogen-bond donors (Lipinski definition) is 1. The Bertz CT molecular complexity index is 452. The maximum atomic E-state index is 11.2. The fourth-order valence-electron chi connectivity index (χ4n) is 0.911. The zero-order valence-corrected chi connectivity index (χ0v) is 8.55. The Morgan fingerprint density at radius 3 is 2.57 bits per heavy atom. The van der Waals surface area contributed by atoms with E-state index in [1.165, 1.54) is 18.2 Å². The third-order valence-corrected chi connectivity index (χ3v) is 2.32. The maximum Gasteiger partial charge on any atom is 0.272 e. The fraction of sp³-hybridized carbons (Fsp3) is 0.125. The first kappa shape index (κ1) is 11.2. The van der Waals surface area contributed by atoms with Crippen LogP contribution in [0.4, 0.5) is 0 Å². The van der Waals surface area contributed by atoms with Crippen molar-refractivity contribution in [2.24, 2.45) is 0 Å². The van der Waals surface area contributed by atoms with Crippen molar-refractivity contribution in [3.05, 3.63) is 34.9 Å². The van der Waals surface area contributed by atoms with E-state index in [0.717, 1.165) is 0 Å². The lowest BCUT2D eigenvalue weighted by Gasteiger charge is -1.98. The molecule has 0 aliphatic rings. The van der Waals surface area contributed by atoms with E-state index >= 15 is 0 Å². The molecule has 1 aromatic rings. The summed E-state index contributed by atoms with van der Waals surface area (Å²) in [5, 5.41) is 0.339. The summed E-state index contributed by atoms with van der Waals surface area (Å²) >= 11 is 5.60. The summed E-state index contributed by atoms with van der Waals surface area (Å²) in [4.78, 5) is 11.2. The number of Topliss-reactive ketones (excluding diaryl/α,β-unsaturated/α-hetero) is 1. The molecule has 0 amide bonds. The maximum absolute atomic E-state index is 11.2. The minimum absolute atomic E-state index is 0.162. The Labute approximate surface area is 86.3 Å². The predicted octanol–water partition coefficient (Wildman–Crippen LogP) is 1.41. The van der Waals surface area contributed by atoms with Crippen LogP contribution in [0.1, 0.15) is 10.4 Å². The summed E-state index contributed by atoms with van der Waals surface area (Å²) in [6, 6.07) is 5.86. The molecule has 0 aliphatic heterocycles. The van der Waals surface area contributed by atoms with E-state index < -0.39 is 21.7 Å². The number of hydrogen-bond acceptors (Lipinski definition) is 3.